The number of nitrogens with zero attached hydrogens (tertiary/aromatic N) is 2. The van der Waals surface area contributed by atoms with E-state index in [-0.39, 0.29) is 5.96 Å². The van der Waals surface area contributed by atoms with Gasteiger partial charge in [-0.05, 0) is 17.5 Å². The van der Waals surface area contributed by atoms with Gasteiger partial charge < -0.3 is 16.2 Å². The molecule has 0 saturated heterocycles. The first kappa shape index (κ1) is 13.2. The summed E-state index contributed by atoms with van der Waals surface area (Å²) < 4.78 is 5.43. The lowest BCUT2D eigenvalue weighted by Gasteiger charge is -2.02. The molecule has 0 aliphatic rings. The summed E-state index contributed by atoms with van der Waals surface area (Å²) in [7, 11) is 0. The normalized spacial score (nSPS) is 10.6. The number of hydrogen-bond acceptors (Lipinski definition) is 3. The van der Waals surface area contributed by atoms with E-state index in [1.165, 1.54) is 0 Å². The fourth-order valence-electron chi connectivity index (χ4n) is 1.20. The van der Waals surface area contributed by atoms with Gasteiger partial charge in [0.15, 0.2) is 0 Å². The molecule has 0 atom stereocenters. The molecule has 0 amide bonds. The van der Waals surface area contributed by atoms with Gasteiger partial charge >= 0.3 is 0 Å². The van der Waals surface area contributed by atoms with Crippen LogP contribution in [0.4, 0.5) is 0 Å². The molecule has 0 unspecified atom stereocenters. The average molecular weight is 234 g/mol. The Morgan fingerprint density at radius 1 is 1.29 bits per heavy atom. The van der Waals surface area contributed by atoms with E-state index < -0.39 is 0 Å². The zero-order chi connectivity index (χ0) is 12.5. The topological polar surface area (TPSA) is 86.0 Å². The van der Waals surface area contributed by atoms with Crippen LogP contribution >= 0.6 is 0 Å². The van der Waals surface area contributed by atoms with Crippen molar-refractivity contribution in [3.8, 4) is 0 Å². The Labute approximate surface area is 101 Å². The number of ether oxygens (including phenoxy) is 1. The molecule has 0 saturated carbocycles. The van der Waals surface area contributed by atoms with Gasteiger partial charge in [0.2, 0.25) is 5.96 Å². The Balaban J connectivity index is 2.50. The summed E-state index contributed by atoms with van der Waals surface area (Å²) in [6.45, 7) is 3.51. The average Bonchev–Trinajstić information content (AvgIpc) is 2.31. The second-order valence-corrected chi connectivity index (χ2v) is 3.56. The monoisotopic (exact) mass is 234 g/mol. The number of rotatable bonds is 6. The minimum absolute atomic E-state index is 0.0502. The smallest absolute Gasteiger partial charge is 0.211 e. The van der Waals surface area contributed by atoms with Crippen molar-refractivity contribution in [3.63, 3.8) is 0 Å². The molecule has 1 aromatic rings. The van der Waals surface area contributed by atoms with Gasteiger partial charge in [-0.2, -0.15) is 5.10 Å². The quantitative estimate of drug-likeness (QED) is 0.336. The van der Waals surface area contributed by atoms with Gasteiger partial charge in [-0.15, -0.1) is 5.10 Å². The maximum absolute atomic E-state index is 5.43. The highest BCUT2D eigenvalue weighted by Crippen LogP contribution is 2.04. The molecular weight excluding hydrogens is 216 g/mol. The number of hydrogen-bond donors (Lipinski definition) is 2. The molecule has 92 valence electrons. The Bertz CT molecular complexity index is 380. The maximum atomic E-state index is 5.43. The fraction of sp³-hybridized carbons (Fsp3) is 0.333. The third-order valence-electron chi connectivity index (χ3n) is 1.98. The zero-order valence-electron chi connectivity index (χ0n) is 9.97. The van der Waals surface area contributed by atoms with Crippen molar-refractivity contribution >= 4 is 12.2 Å². The predicted molar refractivity (Wildman–Crippen MR) is 69.8 cm³/mol. The Morgan fingerprint density at radius 2 is 2.00 bits per heavy atom. The molecule has 0 radical (unpaired) electrons. The molecule has 1 rings (SSSR count). The third kappa shape index (κ3) is 5.67. The van der Waals surface area contributed by atoms with E-state index in [1.54, 1.807) is 6.21 Å². The van der Waals surface area contributed by atoms with Crippen LogP contribution in [0.25, 0.3) is 0 Å². The van der Waals surface area contributed by atoms with Crippen LogP contribution < -0.4 is 11.5 Å². The van der Waals surface area contributed by atoms with Crippen LogP contribution in [0.1, 0.15) is 24.5 Å². The summed E-state index contributed by atoms with van der Waals surface area (Å²) in [5, 5.41) is 7.25. The summed E-state index contributed by atoms with van der Waals surface area (Å²) in [6, 6.07) is 7.87. The summed E-state index contributed by atoms with van der Waals surface area (Å²) in [4.78, 5) is 0. The summed E-state index contributed by atoms with van der Waals surface area (Å²) in [5.74, 6) is -0.0502. The third-order valence-corrected chi connectivity index (χ3v) is 1.98. The van der Waals surface area contributed by atoms with Gasteiger partial charge in [-0.25, -0.2) is 0 Å². The van der Waals surface area contributed by atoms with E-state index in [0.29, 0.717) is 6.61 Å². The molecule has 0 aliphatic heterocycles. The van der Waals surface area contributed by atoms with Gasteiger partial charge in [-0.1, -0.05) is 31.2 Å². The van der Waals surface area contributed by atoms with E-state index in [0.717, 1.165) is 24.2 Å². The van der Waals surface area contributed by atoms with Crippen LogP contribution in [0.15, 0.2) is 34.5 Å². The van der Waals surface area contributed by atoms with Crippen LogP contribution in [-0.2, 0) is 11.3 Å². The molecule has 5 heteroatoms. The van der Waals surface area contributed by atoms with Crippen molar-refractivity contribution in [1.82, 2.24) is 0 Å². The molecule has 1 aromatic carbocycles. The van der Waals surface area contributed by atoms with Crippen LogP contribution in [0.2, 0.25) is 0 Å². The second kappa shape index (κ2) is 7.40. The summed E-state index contributed by atoms with van der Waals surface area (Å²) >= 11 is 0. The van der Waals surface area contributed by atoms with Gasteiger partial charge in [0, 0.05) is 6.61 Å². The zero-order valence-corrected chi connectivity index (χ0v) is 9.97. The van der Waals surface area contributed by atoms with Crippen molar-refractivity contribution < 1.29 is 4.74 Å². The number of nitrogens with two attached hydrogens (primary N) is 2. The SMILES string of the molecule is CCCOCc1ccc(C=NN=C(N)N)cc1. The first-order chi connectivity index (χ1) is 8.22. The van der Waals surface area contributed by atoms with E-state index >= 15 is 0 Å². The van der Waals surface area contributed by atoms with E-state index in [9.17, 15) is 0 Å². The number of guanidine groups is 1. The molecule has 0 heterocycles. The van der Waals surface area contributed by atoms with Crippen LogP contribution in [-0.4, -0.2) is 18.8 Å². The summed E-state index contributed by atoms with van der Waals surface area (Å²) in [5.41, 5.74) is 12.4. The molecule has 5 nitrogen and oxygen atoms in total. The Kier molecular flexibility index (Phi) is 5.74. The van der Waals surface area contributed by atoms with E-state index in [2.05, 4.69) is 17.1 Å². The van der Waals surface area contributed by atoms with Gasteiger partial charge in [0.25, 0.3) is 0 Å². The highest BCUT2D eigenvalue weighted by atomic mass is 16.5. The molecule has 0 bridgehead atoms. The lowest BCUT2D eigenvalue weighted by Crippen LogP contribution is -2.21. The molecular formula is C12H18N4O. The summed E-state index contributed by atoms with van der Waals surface area (Å²) in [6.07, 6.45) is 2.62. The Hall–Kier alpha value is -1.88. The van der Waals surface area contributed by atoms with Crippen molar-refractivity contribution in [1.29, 1.82) is 0 Å². The van der Waals surface area contributed by atoms with Crippen LogP contribution in [0.5, 0.6) is 0 Å². The second-order valence-electron chi connectivity index (χ2n) is 3.56. The molecule has 0 aliphatic carbocycles. The largest absolute Gasteiger partial charge is 0.377 e. The van der Waals surface area contributed by atoms with Crippen molar-refractivity contribution in [2.75, 3.05) is 6.61 Å². The fourth-order valence-corrected chi connectivity index (χ4v) is 1.20. The highest BCUT2D eigenvalue weighted by molar-refractivity contribution is 5.81. The Morgan fingerprint density at radius 3 is 2.59 bits per heavy atom. The van der Waals surface area contributed by atoms with Crippen LogP contribution in [0, 0.1) is 0 Å². The van der Waals surface area contributed by atoms with Gasteiger partial charge in [-0.3, -0.25) is 0 Å². The van der Waals surface area contributed by atoms with Gasteiger partial charge in [0.1, 0.15) is 0 Å². The lowest BCUT2D eigenvalue weighted by molar-refractivity contribution is 0.121. The first-order valence-electron chi connectivity index (χ1n) is 5.51. The van der Waals surface area contributed by atoms with E-state index in [1.807, 2.05) is 24.3 Å². The number of benzene rings is 1. The van der Waals surface area contributed by atoms with Crippen LogP contribution in [0.3, 0.4) is 0 Å². The predicted octanol–water partition coefficient (Wildman–Crippen LogP) is 1.22. The minimum Gasteiger partial charge on any atom is -0.377 e. The first-order valence-corrected chi connectivity index (χ1v) is 5.51. The van der Waals surface area contributed by atoms with Crippen molar-refractivity contribution in [2.24, 2.45) is 21.7 Å². The molecule has 4 N–H and O–H groups in total. The molecule has 0 fully saturated rings. The lowest BCUT2D eigenvalue weighted by atomic mass is 10.1. The molecule has 0 aromatic heterocycles. The molecule has 0 spiro atoms. The minimum atomic E-state index is -0.0502. The molecule has 17 heavy (non-hydrogen) atoms. The van der Waals surface area contributed by atoms with Crippen molar-refractivity contribution in [2.45, 2.75) is 20.0 Å². The maximum Gasteiger partial charge on any atom is 0.211 e. The van der Waals surface area contributed by atoms with Gasteiger partial charge in [0.05, 0.1) is 12.8 Å². The standard InChI is InChI=1S/C12H18N4O/c1-2-7-17-9-11-5-3-10(4-6-11)8-15-16-12(13)14/h3-6,8H,2,7,9H2,1H3,(H4,13,14,16). The van der Waals surface area contributed by atoms with E-state index in [4.69, 9.17) is 16.2 Å². The highest BCUT2D eigenvalue weighted by Gasteiger charge is 1.93. The van der Waals surface area contributed by atoms with Crippen molar-refractivity contribution in [3.05, 3.63) is 35.4 Å².